The first-order chi connectivity index (χ1) is 8.43. The highest BCUT2D eigenvalue weighted by Crippen LogP contribution is 2.30. The van der Waals surface area contributed by atoms with E-state index in [0.717, 1.165) is 19.5 Å². The normalized spacial score (nSPS) is 21.5. The summed E-state index contributed by atoms with van der Waals surface area (Å²) in [5.41, 5.74) is 2.49. The van der Waals surface area contributed by atoms with E-state index in [2.05, 4.69) is 28.9 Å². The monoisotopic (exact) mass is 246 g/mol. The molecule has 0 saturated carbocycles. The number of hydrogen-bond acceptors (Lipinski definition) is 3. The van der Waals surface area contributed by atoms with Gasteiger partial charge in [-0.15, -0.1) is 11.3 Å². The SMILES string of the molecule is C1=CC(c2csc(C3CCNCC3)n2)=CCC1. The predicted molar refractivity (Wildman–Crippen MR) is 73.3 cm³/mol. The molecule has 0 unspecified atom stereocenters. The summed E-state index contributed by atoms with van der Waals surface area (Å²) in [6, 6.07) is 0. The van der Waals surface area contributed by atoms with E-state index in [1.165, 1.54) is 35.5 Å². The van der Waals surface area contributed by atoms with Gasteiger partial charge in [-0.1, -0.05) is 18.2 Å². The van der Waals surface area contributed by atoms with Crippen LogP contribution in [0.2, 0.25) is 0 Å². The van der Waals surface area contributed by atoms with Crippen LogP contribution in [-0.4, -0.2) is 18.1 Å². The van der Waals surface area contributed by atoms with Crippen molar-refractivity contribution in [3.63, 3.8) is 0 Å². The zero-order chi connectivity index (χ0) is 11.5. The summed E-state index contributed by atoms with van der Waals surface area (Å²) >= 11 is 1.84. The third-order valence-corrected chi connectivity index (χ3v) is 4.51. The Bertz CT molecular complexity index is 439. The summed E-state index contributed by atoms with van der Waals surface area (Å²) in [5.74, 6) is 0.683. The average Bonchev–Trinajstić information content (AvgIpc) is 2.90. The Morgan fingerprint density at radius 1 is 1.24 bits per heavy atom. The molecule has 1 aliphatic carbocycles. The number of allylic oxidation sites excluding steroid dienone is 4. The third-order valence-electron chi connectivity index (χ3n) is 3.50. The van der Waals surface area contributed by atoms with Gasteiger partial charge in [-0.3, -0.25) is 0 Å². The minimum absolute atomic E-state index is 0.683. The second-order valence-corrected chi connectivity index (χ2v) is 5.62. The molecule has 2 nitrogen and oxygen atoms in total. The molecule has 1 fully saturated rings. The van der Waals surface area contributed by atoms with Crippen LogP contribution in [0.1, 0.15) is 42.3 Å². The van der Waals surface area contributed by atoms with Gasteiger partial charge in [0, 0.05) is 11.3 Å². The lowest BCUT2D eigenvalue weighted by Crippen LogP contribution is -2.26. The van der Waals surface area contributed by atoms with Gasteiger partial charge in [-0.25, -0.2) is 4.98 Å². The van der Waals surface area contributed by atoms with Crippen LogP contribution >= 0.6 is 11.3 Å². The van der Waals surface area contributed by atoms with E-state index >= 15 is 0 Å². The lowest BCUT2D eigenvalue weighted by Gasteiger charge is -2.20. The number of nitrogens with zero attached hydrogens (tertiary/aromatic N) is 1. The Hall–Kier alpha value is -0.930. The molecule has 2 aliphatic rings. The van der Waals surface area contributed by atoms with Crippen molar-refractivity contribution < 1.29 is 0 Å². The van der Waals surface area contributed by atoms with Crippen LogP contribution in [0, 0.1) is 0 Å². The molecule has 1 aliphatic heterocycles. The number of hydrogen-bond donors (Lipinski definition) is 1. The topological polar surface area (TPSA) is 24.9 Å². The van der Waals surface area contributed by atoms with Crippen LogP contribution in [0.4, 0.5) is 0 Å². The number of thiazole rings is 1. The van der Waals surface area contributed by atoms with Crippen molar-refractivity contribution in [1.82, 2.24) is 10.3 Å². The van der Waals surface area contributed by atoms with Crippen molar-refractivity contribution in [3.05, 3.63) is 34.3 Å². The average molecular weight is 246 g/mol. The van der Waals surface area contributed by atoms with Crippen molar-refractivity contribution in [2.24, 2.45) is 0 Å². The van der Waals surface area contributed by atoms with Gasteiger partial charge in [0.1, 0.15) is 0 Å². The van der Waals surface area contributed by atoms with E-state index in [9.17, 15) is 0 Å². The van der Waals surface area contributed by atoms with E-state index in [1.54, 1.807) is 0 Å². The predicted octanol–water partition coefficient (Wildman–Crippen LogP) is 3.34. The molecule has 1 N–H and O–H groups in total. The molecule has 3 heteroatoms. The van der Waals surface area contributed by atoms with Gasteiger partial charge < -0.3 is 5.32 Å². The number of nitrogens with one attached hydrogen (secondary N) is 1. The maximum Gasteiger partial charge on any atom is 0.0964 e. The summed E-state index contributed by atoms with van der Waals surface area (Å²) in [6.45, 7) is 2.28. The molecule has 0 spiro atoms. The minimum atomic E-state index is 0.683. The van der Waals surface area contributed by atoms with Crippen molar-refractivity contribution in [3.8, 4) is 0 Å². The molecule has 0 bridgehead atoms. The number of rotatable bonds is 2. The van der Waals surface area contributed by atoms with Crippen molar-refractivity contribution >= 4 is 16.9 Å². The van der Waals surface area contributed by atoms with Gasteiger partial charge in [0.05, 0.1) is 10.7 Å². The van der Waals surface area contributed by atoms with E-state index < -0.39 is 0 Å². The molecule has 3 rings (SSSR count). The first-order valence-electron chi connectivity index (χ1n) is 6.47. The van der Waals surface area contributed by atoms with Crippen LogP contribution < -0.4 is 5.32 Å². The third kappa shape index (κ3) is 2.50. The van der Waals surface area contributed by atoms with Crippen LogP contribution in [0.3, 0.4) is 0 Å². The van der Waals surface area contributed by atoms with E-state index in [-0.39, 0.29) is 0 Å². The highest BCUT2D eigenvalue weighted by Gasteiger charge is 2.18. The molecule has 0 aromatic carbocycles. The number of aromatic nitrogens is 1. The van der Waals surface area contributed by atoms with Crippen LogP contribution in [0.15, 0.2) is 23.6 Å². The maximum absolute atomic E-state index is 4.83. The Morgan fingerprint density at radius 2 is 2.12 bits per heavy atom. The molecule has 2 heterocycles. The summed E-state index contributed by atoms with van der Waals surface area (Å²) in [6.07, 6.45) is 11.6. The zero-order valence-electron chi connectivity index (χ0n) is 9.98. The lowest BCUT2D eigenvalue weighted by atomic mass is 9.99. The molecular weight excluding hydrogens is 228 g/mol. The van der Waals surface area contributed by atoms with E-state index in [1.807, 2.05) is 11.3 Å². The Morgan fingerprint density at radius 3 is 2.88 bits per heavy atom. The fourth-order valence-corrected chi connectivity index (χ4v) is 3.48. The van der Waals surface area contributed by atoms with E-state index in [0.29, 0.717) is 5.92 Å². The van der Waals surface area contributed by atoms with Crippen LogP contribution in [-0.2, 0) is 0 Å². The fourth-order valence-electron chi connectivity index (χ4n) is 2.48. The Kier molecular flexibility index (Phi) is 3.39. The van der Waals surface area contributed by atoms with Crippen molar-refractivity contribution in [2.75, 3.05) is 13.1 Å². The number of piperidine rings is 1. The largest absolute Gasteiger partial charge is 0.317 e. The van der Waals surface area contributed by atoms with Gasteiger partial charge in [0.15, 0.2) is 0 Å². The maximum atomic E-state index is 4.83. The summed E-state index contributed by atoms with van der Waals surface area (Å²) < 4.78 is 0. The van der Waals surface area contributed by atoms with Gasteiger partial charge in [-0.2, -0.15) is 0 Å². The Balaban J connectivity index is 1.77. The standard InChI is InChI=1S/C14H18N2S/c1-2-4-11(5-3-1)13-10-17-14(16-13)12-6-8-15-9-7-12/h2,4-5,10,12,15H,1,3,6-9H2. The highest BCUT2D eigenvalue weighted by atomic mass is 32.1. The molecule has 0 amide bonds. The molecule has 1 saturated heterocycles. The van der Waals surface area contributed by atoms with Gasteiger partial charge in [0.2, 0.25) is 0 Å². The fraction of sp³-hybridized carbons (Fsp3) is 0.500. The lowest BCUT2D eigenvalue weighted by molar-refractivity contribution is 0.459. The van der Waals surface area contributed by atoms with Gasteiger partial charge in [0.25, 0.3) is 0 Å². The Labute approximate surface area is 106 Å². The van der Waals surface area contributed by atoms with Crippen LogP contribution in [0.5, 0.6) is 0 Å². The summed E-state index contributed by atoms with van der Waals surface area (Å²) in [4.78, 5) is 4.83. The van der Waals surface area contributed by atoms with Crippen molar-refractivity contribution in [2.45, 2.75) is 31.6 Å². The summed E-state index contributed by atoms with van der Waals surface area (Å²) in [5, 5.41) is 6.96. The summed E-state index contributed by atoms with van der Waals surface area (Å²) in [7, 11) is 0. The highest BCUT2D eigenvalue weighted by molar-refractivity contribution is 7.09. The molecule has 1 aromatic heterocycles. The minimum Gasteiger partial charge on any atom is -0.317 e. The van der Waals surface area contributed by atoms with Crippen LogP contribution in [0.25, 0.3) is 5.57 Å². The van der Waals surface area contributed by atoms with Gasteiger partial charge >= 0.3 is 0 Å². The van der Waals surface area contributed by atoms with E-state index in [4.69, 9.17) is 4.98 Å². The first kappa shape index (κ1) is 11.2. The first-order valence-corrected chi connectivity index (χ1v) is 7.34. The molecule has 0 radical (unpaired) electrons. The molecular formula is C14H18N2S. The second-order valence-electron chi connectivity index (χ2n) is 4.73. The second kappa shape index (κ2) is 5.15. The zero-order valence-corrected chi connectivity index (χ0v) is 10.8. The molecule has 0 atom stereocenters. The smallest absolute Gasteiger partial charge is 0.0964 e. The molecule has 17 heavy (non-hydrogen) atoms. The van der Waals surface area contributed by atoms with Gasteiger partial charge in [-0.05, 0) is 44.3 Å². The van der Waals surface area contributed by atoms with Crippen molar-refractivity contribution in [1.29, 1.82) is 0 Å². The quantitative estimate of drug-likeness (QED) is 0.865. The molecule has 1 aromatic rings. The molecule has 90 valence electrons.